The number of allylic oxidation sites excluding steroid dienone is 2. The molecule has 1 heterocycles. The molecule has 0 aromatic heterocycles. The zero-order valence-corrected chi connectivity index (χ0v) is 16.2. The van der Waals surface area contributed by atoms with Crippen LogP contribution in [0.1, 0.15) is 26.3 Å². The molecule has 0 saturated heterocycles. The minimum atomic E-state index is -0.211. The van der Waals surface area contributed by atoms with E-state index in [9.17, 15) is 5.26 Å². The zero-order chi connectivity index (χ0) is 20.3. The first-order chi connectivity index (χ1) is 13.5. The van der Waals surface area contributed by atoms with Crippen LogP contribution < -0.4 is 15.3 Å². The van der Waals surface area contributed by atoms with E-state index in [-0.39, 0.29) is 11.0 Å². The first-order valence-corrected chi connectivity index (χ1v) is 9.12. The Morgan fingerprint density at radius 1 is 0.929 bits per heavy atom. The van der Waals surface area contributed by atoms with Crippen molar-refractivity contribution in [2.45, 2.75) is 26.2 Å². The standard InChI is InChI=1S/C24H20N4/c1-4-28-22-8-6-5-7-21(22)24(2,3)23(28)13-19(14-25)17-9-11-18(12-10-17)20(15-26)16-27/h5-13H,4H2,1-3H3/b23-13+. The summed E-state index contributed by atoms with van der Waals surface area (Å²) in [5, 5.41) is 29.1. The summed E-state index contributed by atoms with van der Waals surface area (Å²) in [6, 6.07) is 21.4. The van der Waals surface area contributed by atoms with E-state index in [4.69, 9.17) is 10.5 Å². The maximum Gasteiger partial charge on any atom is 0.136 e. The van der Waals surface area contributed by atoms with Crippen LogP contribution in [-0.2, 0) is 5.41 Å². The molecule has 0 spiro atoms. The highest BCUT2D eigenvalue weighted by Gasteiger charge is 2.39. The predicted molar refractivity (Wildman–Crippen MR) is 110 cm³/mol. The largest absolute Gasteiger partial charge is 0.344 e. The Morgan fingerprint density at radius 2 is 1.54 bits per heavy atom. The van der Waals surface area contributed by atoms with Crippen LogP contribution in [0.15, 0.2) is 60.3 Å². The third kappa shape index (κ3) is 3.05. The van der Waals surface area contributed by atoms with E-state index < -0.39 is 0 Å². The first-order valence-electron chi connectivity index (χ1n) is 9.12. The molecule has 2 aromatic carbocycles. The molecule has 0 atom stereocenters. The molecule has 3 rings (SSSR count). The van der Waals surface area contributed by atoms with E-state index >= 15 is 0 Å². The van der Waals surface area contributed by atoms with Crippen molar-refractivity contribution in [3.63, 3.8) is 0 Å². The third-order valence-corrected chi connectivity index (χ3v) is 5.23. The van der Waals surface area contributed by atoms with Crippen LogP contribution in [0.3, 0.4) is 0 Å². The average Bonchev–Trinajstić information content (AvgIpc) is 2.94. The Bertz CT molecular complexity index is 1170. The van der Waals surface area contributed by atoms with Gasteiger partial charge in [0, 0.05) is 28.6 Å². The lowest BCUT2D eigenvalue weighted by Crippen LogP contribution is -2.26. The highest BCUT2D eigenvalue weighted by molar-refractivity contribution is 5.78. The smallest absolute Gasteiger partial charge is 0.136 e. The molecule has 0 fully saturated rings. The molecule has 28 heavy (non-hydrogen) atoms. The molecule has 0 bridgehead atoms. The van der Waals surface area contributed by atoms with Gasteiger partial charge in [-0.05, 0) is 29.8 Å². The van der Waals surface area contributed by atoms with Gasteiger partial charge in [0.2, 0.25) is 0 Å². The van der Waals surface area contributed by atoms with E-state index in [1.807, 2.05) is 30.3 Å². The maximum absolute atomic E-state index is 9.80. The van der Waals surface area contributed by atoms with Crippen LogP contribution in [0.5, 0.6) is 0 Å². The summed E-state index contributed by atoms with van der Waals surface area (Å²) in [5.74, 6) is 0. The predicted octanol–water partition coefficient (Wildman–Crippen LogP) is 3.26. The lowest BCUT2D eigenvalue weighted by molar-refractivity contribution is 0.634. The SMILES string of the molecule is CCN1/C(=C/C(C#N)=c2ccc(=C(C#N)C#N)cc2)C(C)(C)c2ccccc21. The Balaban J connectivity index is 2.21. The summed E-state index contributed by atoms with van der Waals surface area (Å²) in [7, 11) is 0. The molecule has 1 aliphatic heterocycles. The number of anilines is 1. The van der Waals surface area contributed by atoms with E-state index in [1.54, 1.807) is 24.3 Å². The molecule has 0 amide bonds. The fourth-order valence-electron chi connectivity index (χ4n) is 3.73. The summed E-state index contributed by atoms with van der Waals surface area (Å²) >= 11 is 0. The van der Waals surface area contributed by atoms with Crippen molar-refractivity contribution >= 4 is 16.8 Å². The molecule has 4 heteroatoms. The molecular weight excluding hydrogens is 344 g/mol. The lowest BCUT2D eigenvalue weighted by Gasteiger charge is -2.26. The molecule has 0 aliphatic carbocycles. The summed E-state index contributed by atoms with van der Waals surface area (Å²) in [4.78, 5) is 2.25. The van der Waals surface area contributed by atoms with Gasteiger partial charge in [0.15, 0.2) is 0 Å². The number of hydrogen-bond donors (Lipinski definition) is 0. The van der Waals surface area contributed by atoms with Crippen molar-refractivity contribution in [2.24, 2.45) is 0 Å². The van der Waals surface area contributed by atoms with Crippen LogP contribution in [0.2, 0.25) is 0 Å². The van der Waals surface area contributed by atoms with Gasteiger partial charge in [0.1, 0.15) is 17.7 Å². The lowest BCUT2D eigenvalue weighted by atomic mass is 9.83. The van der Waals surface area contributed by atoms with Gasteiger partial charge in [-0.3, -0.25) is 0 Å². The number of likely N-dealkylation sites (N-methyl/N-ethyl adjacent to an activating group) is 1. The summed E-state index contributed by atoms with van der Waals surface area (Å²) in [5.41, 5.74) is 3.91. The van der Waals surface area contributed by atoms with Gasteiger partial charge in [-0.2, -0.15) is 15.8 Å². The number of benzene rings is 2. The van der Waals surface area contributed by atoms with Gasteiger partial charge in [-0.1, -0.05) is 56.3 Å². The van der Waals surface area contributed by atoms with Gasteiger partial charge >= 0.3 is 0 Å². The number of nitriles is 3. The van der Waals surface area contributed by atoms with Crippen LogP contribution in [-0.4, -0.2) is 6.54 Å². The monoisotopic (exact) mass is 364 g/mol. The van der Waals surface area contributed by atoms with E-state index in [1.165, 1.54) is 11.3 Å². The Labute approximate surface area is 165 Å². The molecule has 136 valence electrons. The van der Waals surface area contributed by atoms with Crippen molar-refractivity contribution in [3.8, 4) is 18.2 Å². The minimum absolute atomic E-state index is 0.0629. The molecule has 2 aromatic rings. The average molecular weight is 364 g/mol. The normalized spacial score (nSPS) is 15.3. The van der Waals surface area contributed by atoms with Gasteiger partial charge in [0.05, 0.1) is 11.6 Å². The van der Waals surface area contributed by atoms with Crippen molar-refractivity contribution in [2.75, 3.05) is 11.4 Å². The number of rotatable bonds is 2. The number of nitrogens with zero attached hydrogens (tertiary/aromatic N) is 4. The van der Waals surface area contributed by atoms with E-state index in [0.29, 0.717) is 10.8 Å². The second-order valence-corrected chi connectivity index (χ2v) is 7.12. The highest BCUT2D eigenvalue weighted by atomic mass is 15.2. The van der Waals surface area contributed by atoms with Crippen LogP contribution in [0.4, 0.5) is 5.69 Å². The second kappa shape index (κ2) is 7.43. The second-order valence-electron chi connectivity index (χ2n) is 7.12. The van der Waals surface area contributed by atoms with Crippen molar-refractivity contribution in [1.82, 2.24) is 0 Å². The molecular formula is C24H20N4. The third-order valence-electron chi connectivity index (χ3n) is 5.23. The van der Waals surface area contributed by atoms with Gasteiger partial charge in [-0.25, -0.2) is 0 Å². The summed E-state index contributed by atoms with van der Waals surface area (Å²) in [6.07, 6.45) is 1.96. The molecule has 0 saturated carbocycles. The number of hydrogen-bond acceptors (Lipinski definition) is 4. The maximum atomic E-state index is 9.80. The molecule has 4 nitrogen and oxygen atoms in total. The quantitative estimate of drug-likeness (QED) is 0.820. The summed E-state index contributed by atoms with van der Waals surface area (Å²) in [6.45, 7) is 7.26. The van der Waals surface area contributed by atoms with Crippen molar-refractivity contribution in [3.05, 3.63) is 76.3 Å². The Kier molecular flexibility index (Phi) is 5.04. The molecule has 0 radical (unpaired) electrons. The van der Waals surface area contributed by atoms with Gasteiger partial charge in [0.25, 0.3) is 0 Å². The minimum Gasteiger partial charge on any atom is -0.344 e. The Morgan fingerprint density at radius 3 is 2.11 bits per heavy atom. The molecule has 0 unspecified atom stereocenters. The fraction of sp³-hybridized carbons (Fsp3) is 0.208. The fourth-order valence-corrected chi connectivity index (χ4v) is 3.73. The summed E-state index contributed by atoms with van der Waals surface area (Å²) < 4.78 is 0. The molecule has 0 N–H and O–H groups in total. The van der Waals surface area contributed by atoms with Gasteiger partial charge in [-0.15, -0.1) is 0 Å². The topological polar surface area (TPSA) is 74.6 Å². The van der Waals surface area contributed by atoms with Crippen LogP contribution >= 0.6 is 0 Å². The zero-order valence-electron chi connectivity index (χ0n) is 16.2. The number of para-hydroxylation sites is 1. The molecule has 1 aliphatic rings. The van der Waals surface area contributed by atoms with Crippen LogP contribution in [0, 0.1) is 34.0 Å². The van der Waals surface area contributed by atoms with E-state index in [2.05, 4.69) is 43.9 Å². The Hall–Kier alpha value is -3.81. The number of fused-ring (bicyclic) bond motifs is 1. The van der Waals surface area contributed by atoms with E-state index in [0.717, 1.165) is 17.5 Å². The first kappa shape index (κ1) is 19.0. The van der Waals surface area contributed by atoms with Crippen molar-refractivity contribution in [1.29, 1.82) is 15.8 Å². The van der Waals surface area contributed by atoms with Gasteiger partial charge < -0.3 is 4.90 Å². The highest BCUT2D eigenvalue weighted by Crippen LogP contribution is 2.47. The van der Waals surface area contributed by atoms with Crippen LogP contribution in [0.25, 0.3) is 11.1 Å². The van der Waals surface area contributed by atoms with Crippen molar-refractivity contribution < 1.29 is 0 Å².